The minimum absolute atomic E-state index is 0.141. The molecule has 0 rings (SSSR count). The van der Waals surface area contributed by atoms with Crippen LogP contribution in [0.4, 0.5) is 0 Å². The molecule has 0 aliphatic rings. The van der Waals surface area contributed by atoms with Gasteiger partial charge in [-0.25, -0.2) is 0 Å². The number of hydrogen-bond donors (Lipinski definition) is 0. The van der Waals surface area contributed by atoms with Crippen molar-refractivity contribution in [2.24, 2.45) is 16.8 Å². The Morgan fingerprint density at radius 2 is 1.95 bits per heavy atom. The first-order valence-corrected chi connectivity index (χ1v) is 7.78. The molecule has 0 fully saturated rings. The molecule has 0 aliphatic heterocycles. The second kappa shape index (κ2) is 9.92. The number of nitro groups is 1. The van der Waals surface area contributed by atoms with Gasteiger partial charge in [0.1, 0.15) is 12.7 Å². The molecule has 5 nitrogen and oxygen atoms in total. The Hall–Kier alpha value is -1.91. The van der Waals surface area contributed by atoms with Crippen molar-refractivity contribution in [2.75, 3.05) is 7.05 Å². The van der Waals surface area contributed by atoms with Gasteiger partial charge in [-0.3, -0.25) is 0 Å². The van der Waals surface area contributed by atoms with E-state index in [1.807, 2.05) is 39.1 Å². The molecular formula is C17H29N3O2. The Morgan fingerprint density at radius 3 is 2.32 bits per heavy atom. The fourth-order valence-corrected chi connectivity index (χ4v) is 1.76. The summed E-state index contributed by atoms with van der Waals surface area (Å²) in [5.74, 6) is 0.423. The van der Waals surface area contributed by atoms with E-state index in [4.69, 9.17) is 0 Å². The van der Waals surface area contributed by atoms with Crippen LogP contribution in [0.2, 0.25) is 0 Å². The van der Waals surface area contributed by atoms with Crippen LogP contribution >= 0.6 is 0 Å². The second-order valence-electron chi connectivity index (χ2n) is 5.55. The zero-order chi connectivity index (χ0) is 17.3. The van der Waals surface area contributed by atoms with Crippen molar-refractivity contribution in [3.8, 4) is 0 Å². The number of amidine groups is 1. The van der Waals surface area contributed by atoms with Crippen LogP contribution in [0.1, 0.15) is 47.5 Å². The highest BCUT2D eigenvalue weighted by Gasteiger charge is 2.25. The van der Waals surface area contributed by atoms with E-state index in [0.29, 0.717) is 18.0 Å². The molecule has 1 unspecified atom stereocenters. The predicted molar refractivity (Wildman–Crippen MR) is 93.1 cm³/mol. The maximum Gasteiger partial charge on any atom is 0.381 e. The standard InChI is InChI=1S/C17H29N3O2/c1-8-10-16(17(18-7)20(21)22)19(15(6)13(3)4)12-11-14(5)9-2/h10-14H,6,8-9H2,1-5,7H3/b12-11-,16-10+,18-17?. The third kappa shape index (κ3) is 5.84. The first-order chi connectivity index (χ1) is 10.3. The van der Waals surface area contributed by atoms with Crippen molar-refractivity contribution in [3.05, 3.63) is 46.4 Å². The topological polar surface area (TPSA) is 58.7 Å². The van der Waals surface area contributed by atoms with Gasteiger partial charge >= 0.3 is 5.84 Å². The largest absolute Gasteiger partial charge is 0.381 e. The van der Waals surface area contributed by atoms with Crippen molar-refractivity contribution in [1.29, 1.82) is 0 Å². The van der Waals surface area contributed by atoms with Crippen molar-refractivity contribution >= 4 is 5.84 Å². The van der Waals surface area contributed by atoms with Crippen molar-refractivity contribution in [2.45, 2.75) is 47.5 Å². The lowest BCUT2D eigenvalue weighted by atomic mass is 10.1. The van der Waals surface area contributed by atoms with Crippen LogP contribution in [-0.4, -0.2) is 22.7 Å². The van der Waals surface area contributed by atoms with E-state index in [1.165, 1.54) is 7.05 Å². The van der Waals surface area contributed by atoms with Crippen LogP contribution in [-0.2, 0) is 0 Å². The van der Waals surface area contributed by atoms with E-state index < -0.39 is 4.92 Å². The molecule has 0 N–H and O–H groups in total. The normalized spacial score (nSPS) is 14.5. The summed E-state index contributed by atoms with van der Waals surface area (Å²) >= 11 is 0. The summed E-state index contributed by atoms with van der Waals surface area (Å²) in [5, 5.41) is 11.3. The minimum Gasteiger partial charge on any atom is -0.358 e. The third-order valence-corrected chi connectivity index (χ3v) is 3.45. The Bertz CT molecular complexity index is 476. The SMILES string of the molecule is C=C(C(C)C)N(/C=C\C(C)CC)/C(=C/CC)C(=NC)[N+](=O)[O-]. The fourth-order valence-electron chi connectivity index (χ4n) is 1.76. The van der Waals surface area contributed by atoms with Gasteiger partial charge in [-0.05, 0) is 23.2 Å². The molecule has 0 saturated carbocycles. The number of rotatable bonds is 8. The van der Waals surface area contributed by atoms with Gasteiger partial charge in [0.2, 0.25) is 0 Å². The molecule has 0 saturated heterocycles. The van der Waals surface area contributed by atoms with Gasteiger partial charge < -0.3 is 15.0 Å². The Labute approximate surface area is 134 Å². The first-order valence-electron chi connectivity index (χ1n) is 7.78. The molecule has 0 heterocycles. The lowest BCUT2D eigenvalue weighted by Crippen LogP contribution is -2.28. The quantitative estimate of drug-likeness (QED) is 0.284. The van der Waals surface area contributed by atoms with Gasteiger partial charge in [0.05, 0.1) is 0 Å². The summed E-state index contributed by atoms with van der Waals surface area (Å²) in [6.45, 7) is 14.3. The van der Waals surface area contributed by atoms with Crippen molar-refractivity contribution in [1.82, 2.24) is 4.90 Å². The molecule has 124 valence electrons. The highest BCUT2D eigenvalue weighted by atomic mass is 16.6. The van der Waals surface area contributed by atoms with Crippen LogP contribution in [0.25, 0.3) is 0 Å². The zero-order valence-electron chi connectivity index (χ0n) is 14.7. The van der Waals surface area contributed by atoms with E-state index in [1.54, 1.807) is 4.90 Å². The number of allylic oxidation sites excluding steroid dienone is 3. The van der Waals surface area contributed by atoms with Crippen LogP contribution in [0, 0.1) is 22.0 Å². The summed E-state index contributed by atoms with van der Waals surface area (Å²) in [4.78, 5) is 16.5. The molecule has 0 aromatic rings. The fraction of sp³-hybridized carbons (Fsp3) is 0.588. The summed E-state index contributed by atoms with van der Waals surface area (Å²) < 4.78 is 0. The van der Waals surface area contributed by atoms with Gasteiger partial charge in [-0.15, -0.1) is 0 Å². The third-order valence-electron chi connectivity index (χ3n) is 3.45. The average Bonchev–Trinajstić information content (AvgIpc) is 2.46. The molecule has 0 aromatic heterocycles. The number of aliphatic imine (C=N–C) groups is 1. The number of nitrogens with zero attached hydrogens (tertiary/aromatic N) is 3. The van der Waals surface area contributed by atoms with Crippen molar-refractivity contribution < 1.29 is 4.92 Å². The zero-order valence-corrected chi connectivity index (χ0v) is 14.7. The Kier molecular flexibility index (Phi) is 9.06. The Morgan fingerprint density at radius 1 is 1.36 bits per heavy atom. The van der Waals surface area contributed by atoms with E-state index in [9.17, 15) is 10.1 Å². The highest BCUT2D eigenvalue weighted by molar-refractivity contribution is 5.91. The van der Waals surface area contributed by atoms with Crippen molar-refractivity contribution in [3.63, 3.8) is 0 Å². The smallest absolute Gasteiger partial charge is 0.358 e. The number of hydrogen-bond acceptors (Lipinski definition) is 4. The first kappa shape index (κ1) is 20.1. The molecule has 1 atom stereocenters. The molecule has 0 amide bonds. The maximum atomic E-state index is 11.3. The molecule has 0 radical (unpaired) electrons. The molecule has 0 aliphatic carbocycles. The average molecular weight is 307 g/mol. The van der Waals surface area contributed by atoms with Gasteiger partial charge in [-0.1, -0.05) is 64.8 Å². The van der Waals surface area contributed by atoms with E-state index >= 15 is 0 Å². The summed E-state index contributed by atoms with van der Waals surface area (Å²) in [6.07, 6.45) is 7.44. The lowest BCUT2D eigenvalue weighted by molar-refractivity contribution is -0.350. The monoisotopic (exact) mass is 307 g/mol. The Balaban J connectivity index is 5.88. The highest BCUT2D eigenvalue weighted by Crippen LogP contribution is 2.22. The molecular weight excluding hydrogens is 278 g/mol. The molecule has 5 heteroatoms. The summed E-state index contributed by atoms with van der Waals surface area (Å²) in [6, 6.07) is 0. The van der Waals surface area contributed by atoms with Crippen LogP contribution in [0.3, 0.4) is 0 Å². The molecule has 0 bridgehead atoms. The summed E-state index contributed by atoms with van der Waals surface area (Å²) in [5.41, 5.74) is 1.29. The van der Waals surface area contributed by atoms with E-state index in [0.717, 1.165) is 12.1 Å². The van der Waals surface area contributed by atoms with Crippen LogP contribution in [0.5, 0.6) is 0 Å². The molecule has 0 aromatic carbocycles. The second-order valence-corrected chi connectivity index (χ2v) is 5.55. The van der Waals surface area contributed by atoms with E-state index in [2.05, 4.69) is 25.4 Å². The van der Waals surface area contributed by atoms with Crippen LogP contribution in [0.15, 0.2) is 41.3 Å². The van der Waals surface area contributed by atoms with Gasteiger partial charge in [0.25, 0.3) is 0 Å². The maximum absolute atomic E-state index is 11.3. The predicted octanol–water partition coefficient (Wildman–Crippen LogP) is 4.62. The van der Waals surface area contributed by atoms with Gasteiger partial charge in [-0.2, -0.15) is 0 Å². The van der Waals surface area contributed by atoms with Gasteiger partial charge in [0.15, 0.2) is 0 Å². The van der Waals surface area contributed by atoms with Gasteiger partial charge in [0, 0.05) is 11.9 Å². The molecule has 22 heavy (non-hydrogen) atoms. The minimum atomic E-state index is -0.445. The lowest BCUT2D eigenvalue weighted by Gasteiger charge is -2.26. The molecule has 0 spiro atoms. The van der Waals surface area contributed by atoms with E-state index in [-0.39, 0.29) is 11.8 Å². The summed E-state index contributed by atoms with van der Waals surface area (Å²) in [7, 11) is 1.44. The van der Waals surface area contributed by atoms with Crippen LogP contribution < -0.4 is 0 Å².